The Balaban J connectivity index is 1.92. The van der Waals surface area contributed by atoms with Crippen LogP contribution in [0.1, 0.15) is 30.0 Å². The van der Waals surface area contributed by atoms with Crippen molar-refractivity contribution in [1.29, 1.82) is 0 Å². The molecule has 2 heterocycles. The van der Waals surface area contributed by atoms with E-state index in [1.165, 1.54) is 10.9 Å². The van der Waals surface area contributed by atoms with Crippen molar-refractivity contribution >= 4 is 10.9 Å². The molecule has 0 saturated heterocycles. The van der Waals surface area contributed by atoms with Crippen LogP contribution in [0.3, 0.4) is 0 Å². The van der Waals surface area contributed by atoms with Crippen molar-refractivity contribution in [3.63, 3.8) is 0 Å². The van der Waals surface area contributed by atoms with Gasteiger partial charge in [0.2, 0.25) is 0 Å². The molecule has 21 heavy (non-hydrogen) atoms. The predicted octanol–water partition coefficient (Wildman–Crippen LogP) is 3.89. The van der Waals surface area contributed by atoms with E-state index in [0.717, 1.165) is 29.9 Å². The average molecular weight is 280 g/mol. The molecule has 108 valence electrons. The van der Waals surface area contributed by atoms with Crippen molar-refractivity contribution in [2.75, 3.05) is 7.05 Å². The third kappa shape index (κ3) is 2.83. The van der Waals surface area contributed by atoms with Crippen LogP contribution in [-0.4, -0.2) is 12.0 Å². The topological polar surface area (TPSA) is 38.1 Å². The fraction of sp³-hybridized carbons (Fsp3) is 0.278. The van der Waals surface area contributed by atoms with Gasteiger partial charge in [0.25, 0.3) is 0 Å². The minimum absolute atomic E-state index is 0.177. The summed E-state index contributed by atoms with van der Waals surface area (Å²) in [7, 11) is 1.97. The zero-order valence-electron chi connectivity index (χ0n) is 12.5. The molecule has 3 nitrogen and oxygen atoms in total. The maximum absolute atomic E-state index is 5.89. The first-order valence-electron chi connectivity index (χ1n) is 7.40. The molecule has 0 saturated carbocycles. The first-order valence-corrected chi connectivity index (χ1v) is 7.40. The summed E-state index contributed by atoms with van der Waals surface area (Å²) < 4.78 is 5.89. The number of aryl methyl sites for hydroxylation is 1. The van der Waals surface area contributed by atoms with Gasteiger partial charge in [0, 0.05) is 18.0 Å². The molecule has 0 bridgehead atoms. The summed E-state index contributed by atoms with van der Waals surface area (Å²) in [6, 6.07) is 14.7. The number of nitrogens with one attached hydrogen (secondary N) is 1. The van der Waals surface area contributed by atoms with E-state index >= 15 is 0 Å². The van der Waals surface area contributed by atoms with E-state index in [-0.39, 0.29) is 6.04 Å². The van der Waals surface area contributed by atoms with Crippen LogP contribution >= 0.6 is 0 Å². The van der Waals surface area contributed by atoms with Crippen LogP contribution < -0.4 is 5.32 Å². The summed E-state index contributed by atoms with van der Waals surface area (Å²) in [6.45, 7) is 2.10. The number of pyridine rings is 1. The average Bonchev–Trinajstić information content (AvgIpc) is 3.01. The van der Waals surface area contributed by atoms with Gasteiger partial charge in [0.1, 0.15) is 11.5 Å². The zero-order valence-corrected chi connectivity index (χ0v) is 12.5. The summed E-state index contributed by atoms with van der Waals surface area (Å²) in [5.41, 5.74) is 2.33. The normalized spacial score (nSPS) is 12.7. The Kier molecular flexibility index (Phi) is 4.02. The number of nitrogens with zero attached hydrogens (tertiary/aromatic N) is 1. The number of benzene rings is 1. The lowest BCUT2D eigenvalue weighted by Gasteiger charge is -2.15. The molecule has 3 rings (SSSR count). The lowest BCUT2D eigenvalue weighted by molar-refractivity contribution is 0.407. The monoisotopic (exact) mass is 280 g/mol. The zero-order chi connectivity index (χ0) is 14.7. The van der Waals surface area contributed by atoms with Crippen molar-refractivity contribution < 1.29 is 4.42 Å². The molecule has 0 aliphatic carbocycles. The third-order valence-electron chi connectivity index (χ3n) is 3.89. The molecule has 3 aromatic rings. The van der Waals surface area contributed by atoms with E-state index in [9.17, 15) is 0 Å². The van der Waals surface area contributed by atoms with Gasteiger partial charge in [0.05, 0.1) is 11.6 Å². The summed E-state index contributed by atoms with van der Waals surface area (Å²) in [5.74, 6) is 2.03. The second-order valence-corrected chi connectivity index (χ2v) is 5.19. The molecular formula is C18H20N2O. The van der Waals surface area contributed by atoms with E-state index in [1.54, 1.807) is 0 Å². The number of furan rings is 1. The van der Waals surface area contributed by atoms with Crippen molar-refractivity contribution in [1.82, 2.24) is 10.3 Å². The molecule has 0 spiro atoms. The fourth-order valence-electron chi connectivity index (χ4n) is 2.67. The Bertz CT molecular complexity index is 727. The maximum Gasteiger partial charge on any atom is 0.121 e. The van der Waals surface area contributed by atoms with E-state index in [0.29, 0.717) is 0 Å². The number of likely N-dealkylation sites (N-methyl/N-ethyl adjacent to an activating group) is 1. The molecule has 3 heteroatoms. The highest BCUT2D eigenvalue weighted by atomic mass is 16.3. The molecule has 0 radical (unpaired) electrons. The number of para-hydroxylation sites is 1. The molecule has 1 atom stereocenters. The molecular weight excluding hydrogens is 260 g/mol. The number of hydrogen-bond acceptors (Lipinski definition) is 3. The first kappa shape index (κ1) is 13.8. The highest BCUT2D eigenvalue weighted by Gasteiger charge is 2.15. The van der Waals surface area contributed by atoms with Gasteiger partial charge in [-0.05, 0) is 43.3 Å². The quantitative estimate of drug-likeness (QED) is 0.770. The van der Waals surface area contributed by atoms with Gasteiger partial charge in [-0.3, -0.25) is 4.98 Å². The Labute approximate surface area is 125 Å². The van der Waals surface area contributed by atoms with Crippen LogP contribution in [0.15, 0.2) is 53.1 Å². The largest absolute Gasteiger partial charge is 0.464 e. The number of fused-ring (bicyclic) bond motifs is 1. The fourth-order valence-corrected chi connectivity index (χ4v) is 2.67. The van der Waals surface area contributed by atoms with Crippen molar-refractivity contribution in [3.8, 4) is 0 Å². The molecule has 1 aromatic carbocycles. The highest BCUT2D eigenvalue weighted by Crippen LogP contribution is 2.24. The summed E-state index contributed by atoms with van der Waals surface area (Å²) in [6.07, 6.45) is 3.69. The van der Waals surface area contributed by atoms with Gasteiger partial charge >= 0.3 is 0 Å². The SMILES string of the molecule is CCc1ccc(C(Cc2ccnc3ccccc23)NC)o1. The summed E-state index contributed by atoms with van der Waals surface area (Å²) in [4.78, 5) is 4.42. The van der Waals surface area contributed by atoms with E-state index in [2.05, 4.69) is 53.6 Å². The Morgan fingerprint density at radius 2 is 2.00 bits per heavy atom. The predicted molar refractivity (Wildman–Crippen MR) is 85.3 cm³/mol. The Morgan fingerprint density at radius 1 is 1.14 bits per heavy atom. The molecule has 2 aromatic heterocycles. The van der Waals surface area contributed by atoms with Crippen molar-refractivity contribution in [2.24, 2.45) is 0 Å². The minimum atomic E-state index is 0.177. The van der Waals surface area contributed by atoms with Gasteiger partial charge in [-0.15, -0.1) is 0 Å². The van der Waals surface area contributed by atoms with Gasteiger partial charge in [-0.2, -0.15) is 0 Å². The van der Waals surface area contributed by atoms with Crippen LogP contribution in [0.4, 0.5) is 0 Å². The van der Waals surface area contributed by atoms with Crippen LogP contribution in [0.5, 0.6) is 0 Å². The van der Waals surface area contributed by atoms with Crippen LogP contribution in [-0.2, 0) is 12.8 Å². The molecule has 1 N–H and O–H groups in total. The summed E-state index contributed by atoms with van der Waals surface area (Å²) >= 11 is 0. The lowest BCUT2D eigenvalue weighted by Crippen LogP contribution is -2.18. The molecule has 0 aliphatic heterocycles. The number of aromatic nitrogens is 1. The van der Waals surface area contributed by atoms with Crippen molar-refractivity contribution in [2.45, 2.75) is 25.8 Å². The van der Waals surface area contributed by atoms with Gasteiger partial charge in [-0.25, -0.2) is 0 Å². The molecule has 0 amide bonds. The maximum atomic E-state index is 5.89. The van der Waals surface area contributed by atoms with Crippen molar-refractivity contribution in [3.05, 3.63) is 65.7 Å². The van der Waals surface area contributed by atoms with Gasteiger partial charge in [0.15, 0.2) is 0 Å². The first-order chi connectivity index (χ1) is 10.3. The standard InChI is InChI=1S/C18H20N2O/c1-3-14-8-9-18(21-14)17(19-2)12-13-10-11-20-16-7-5-4-6-15(13)16/h4-11,17,19H,3,12H2,1-2H3. The van der Waals surface area contributed by atoms with Crippen LogP contribution in [0, 0.1) is 0 Å². The number of hydrogen-bond donors (Lipinski definition) is 1. The van der Waals surface area contributed by atoms with Crippen LogP contribution in [0.25, 0.3) is 10.9 Å². The van der Waals surface area contributed by atoms with E-state index in [1.807, 2.05) is 19.3 Å². The Morgan fingerprint density at radius 3 is 2.76 bits per heavy atom. The minimum Gasteiger partial charge on any atom is -0.464 e. The molecule has 1 unspecified atom stereocenters. The Hall–Kier alpha value is -2.13. The molecule has 0 aliphatic rings. The third-order valence-corrected chi connectivity index (χ3v) is 3.89. The second kappa shape index (κ2) is 6.10. The van der Waals surface area contributed by atoms with E-state index < -0.39 is 0 Å². The second-order valence-electron chi connectivity index (χ2n) is 5.19. The van der Waals surface area contributed by atoms with E-state index in [4.69, 9.17) is 4.42 Å². The smallest absolute Gasteiger partial charge is 0.121 e. The molecule has 0 fully saturated rings. The van der Waals surface area contributed by atoms with Gasteiger partial charge < -0.3 is 9.73 Å². The van der Waals surface area contributed by atoms with Gasteiger partial charge in [-0.1, -0.05) is 25.1 Å². The lowest BCUT2D eigenvalue weighted by atomic mass is 10.0. The summed E-state index contributed by atoms with van der Waals surface area (Å²) in [5, 5.41) is 4.57. The number of rotatable bonds is 5. The van der Waals surface area contributed by atoms with Crippen LogP contribution in [0.2, 0.25) is 0 Å². The highest BCUT2D eigenvalue weighted by molar-refractivity contribution is 5.81.